The topological polar surface area (TPSA) is 24.9 Å². The molecule has 0 amide bonds. The number of hydrogen-bond acceptors (Lipinski definition) is 2. The minimum absolute atomic E-state index is 0.229. The van der Waals surface area contributed by atoms with E-state index >= 15 is 0 Å². The van der Waals surface area contributed by atoms with E-state index < -0.39 is 0 Å². The van der Waals surface area contributed by atoms with Gasteiger partial charge in [-0.15, -0.1) is 0 Å². The predicted octanol–water partition coefficient (Wildman–Crippen LogP) is 4.51. The van der Waals surface area contributed by atoms with Crippen LogP contribution in [0.15, 0.2) is 30.3 Å². The van der Waals surface area contributed by atoms with Crippen LogP contribution >= 0.6 is 23.2 Å². The van der Waals surface area contributed by atoms with Crippen molar-refractivity contribution in [2.24, 2.45) is 0 Å². The molecule has 0 aliphatic rings. The van der Waals surface area contributed by atoms with Gasteiger partial charge in [-0.3, -0.25) is 4.98 Å². The molecule has 106 valence electrons. The summed E-state index contributed by atoms with van der Waals surface area (Å²) < 4.78 is 0. The van der Waals surface area contributed by atoms with Crippen LogP contribution in [0.25, 0.3) is 0 Å². The van der Waals surface area contributed by atoms with Crippen molar-refractivity contribution in [1.82, 2.24) is 10.3 Å². The van der Waals surface area contributed by atoms with Gasteiger partial charge in [0.15, 0.2) is 0 Å². The van der Waals surface area contributed by atoms with Gasteiger partial charge in [-0.2, -0.15) is 0 Å². The number of aromatic nitrogens is 1. The van der Waals surface area contributed by atoms with Crippen molar-refractivity contribution in [2.75, 3.05) is 7.05 Å². The zero-order valence-corrected chi connectivity index (χ0v) is 13.4. The van der Waals surface area contributed by atoms with Gasteiger partial charge in [0.1, 0.15) is 0 Å². The van der Waals surface area contributed by atoms with Crippen LogP contribution in [0.4, 0.5) is 0 Å². The van der Waals surface area contributed by atoms with E-state index in [-0.39, 0.29) is 6.04 Å². The van der Waals surface area contributed by atoms with Crippen LogP contribution in [0.5, 0.6) is 0 Å². The molecule has 1 aromatic carbocycles. The minimum Gasteiger partial charge on any atom is -0.313 e. The molecule has 0 aliphatic heterocycles. The maximum atomic E-state index is 6.07. The highest BCUT2D eigenvalue weighted by Gasteiger charge is 2.12. The second kappa shape index (κ2) is 6.57. The lowest BCUT2D eigenvalue weighted by Crippen LogP contribution is -2.19. The van der Waals surface area contributed by atoms with Crippen molar-refractivity contribution in [2.45, 2.75) is 26.3 Å². The SMILES string of the molecule is CNC(Cc1ccc(Cl)c(Cl)c1)c1cc(C)nc(C)c1. The molecular formula is C16H18Cl2N2. The van der Waals surface area contributed by atoms with Gasteiger partial charge in [0.25, 0.3) is 0 Å². The van der Waals surface area contributed by atoms with E-state index in [1.54, 1.807) is 0 Å². The van der Waals surface area contributed by atoms with Gasteiger partial charge < -0.3 is 5.32 Å². The largest absolute Gasteiger partial charge is 0.313 e. The highest BCUT2D eigenvalue weighted by Crippen LogP contribution is 2.26. The summed E-state index contributed by atoms with van der Waals surface area (Å²) in [5.74, 6) is 0. The number of hydrogen-bond donors (Lipinski definition) is 1. The molecule has 4 heteroatoms. The van der Waals surface area contributed by atoms with Crippen LogP contribution in [0.2, 0.25) is 10.0 Å². The van der Waals surface area contributed by atoms with E-state index in [9.17, 15) is 0 Å². The van der Waals surface area contributed by atoms with Crippen LogP contribution in [0, 0.1) is 13.8 Å². The van der Waals surface area contributed by atoms with Crippen molar-refractivity contribution < 1.29 is 0 Å². The summed E-state index contributed by atoms with van der Waals surface area (Å²) in [4.78, 5) is 4.42. The summed E-state index contributed by atoms with van der Waals surface area (Å²) in [6.07, 6.45) is 0.857. The molecule has 0 radical (unpaired) electrons. The molecule has 0 bridgehead atoms. The molecule has 1 N–H and O–H groups in total. The first-order chi connectivity index (χ1) is 9.49. The summed E-state index contributed by atoms with van der Waals surface area (Å²) in [5.41, 5.74) is 4.47. The highest BCUT2D eigenvalue weighted by atomic mass is 35.5. The summed E-state index contributed by atoms with van der Waals surface area (Å²) in [7, 11) is 1.97. The Balaban J connectivity index is 2.26. The number of benzene rings is 1. The zero-order chi connectivity index (χ0) is 14.7. The normalized spacial score (nSPS) is 12.4. The molecule has 20 heavy (non-hydrogen) atoms. The standard InChI is InChI=1S/C16H18Cl2N2/c1-10-6-13(7-11(2)20-10)16(19-3)9-12-4-5-14(17)15(18)8-12/h4-8,16,19H,9H2,1-3H3. The molecule has 2 aromatic rings. The van der Waals surface area contributed by atoms with Crippen LogP contribution in [0.3, 0.4) is 0 Å². The van der Waals surface area contributed by atoms with Crippen LogP contribution < -0.4 is 5.32 Å². The van der Waals surface area contributed by atoms with Crippen molar-refractivity contribution in [3.8, 4) is 0 Å². The molecule has 0 fully saturated rings. The van der Waals surface area contributed by atoms with Gasteiger partial charge in [0.2, 0.25) is 0 Å². The Morgan fingerprint density at radius 3 is 2.25 bits per heavy atom. The summed E-state index contributed by atoms with van der Waals surface area (Å²) >= 11 is 12.0. The Bertz CT molecular complexity index is 591. The van der Waals surface area contributed by atoms with E-state index in [1.165, 1.54) is 5.56 Å². The van der Waals surface area contributed by atoms with E-state index in [0.717, 1.165) is 23.4 Å². The summed E-state index contributed by atoms with van der Waals surface area (Å²) in [6, 6.07) is 10.2. The first-order valence-corrected chi connectivity index (χ1v) is 7.31. The average Bonchev–Trinajstić information content (AvgIpc) is 2.38. The maximum absolute atomic E-state index is 6.07. The highest BCUT2D eigenvalue weighted by molar-refractivity contribution is 6.42. The second-order valence-corrected chi connectivity index (χ2v) is 5.79. The molecule has 0 spiro atoms. The number of rotatable bonds is 4. The number of likely N-dealkylation sites (N-methyl/N-ethyl adjacent to an activating group) is 1. The van der Waals surface area contributed by atoms with Crippen LogP contribution in [0.1, 0.15) is 28.6 Å². The monoisotopic (exact) mass is 308 g/mol. The first-order valence-electron chi connectivity index (χ1n) is 6.56. The second-order valence-electron chi connectivity index (χ2n) is 4.98. The third kappa shape index (κ3) is 3.72. The third-order valence-electron chi connectivity index (χ3n) is 3.28. The maximum Gasteiger partial charge on any atom is 0.0595 e. The molecule has 0 saturated carbocycles. The molecule has 2 nitrogen and oxygen atoms in total. The molecule has 0 saturated heterocycles. The summed E-state index contributed by atoms with van der Waals surface area (Å²) in [5, 5.41) is 4.54. The van der Waals surface area contributed by atoms with Crippen molar-refractivity contribution in [1.29, 1.82) is 0 Å². The molecule has 1 heterocycles. The van der Waals surface area contributed by atoms with Gasteiger partial charge in [-0.1, -0.05) is 29.3 Å². The number of nitrogens with one attached hydrogen (secondary N) is 1. The fraction of sp³-hybridized carbons (Fsp3) is 0.312. The van der Waals surface area contributed by atoms with Crippen molar-refractivity contribution in [3.05, 3.63) is 62.9 Å². The predicted molar refractivity (Wildman–Crippen MR) is 85.7 cm³/mol. The van der Waals surface area contributed by atoms with Gasteiger partial charge >= 0.3 is 0 Å². The minimum atomic E-state index is 0.229. The van der Waals surface area contributed by atoms with Gasteiger partial charge in [-0.05, 0) is 62.7 Å². The Hall–Kier alpha value is -1.09. The van der Waals surface area contributed by atoms with Gasteiger partial charge in [-0.25, -0.2) is 0 Å². The van der Waals surface area contributed by atoms with E-state index in [4.69, 9.17) is 23.2 Å². The quantitative estimate of drug-likeness (QED) is 0.899. The molecule has 2 rings (SSSR count). The average molecular weight is 309 g/mol. The number of halogens is 2. The fourth-order valence-corrected chi connectivity index (χ4v) is 2.68. The molecular weight excluding hydrogens is 291 g/mol. The molecule has 0 aliphatic carbocycles. The lowest BCUT2D eigenvalue weighted by atomic mass is 9.98. The Kier molecular flexibility index (Phi) is 5.03. The lowest BCUT2D eigenvalue weighted by Gasteiger charge is -2.18. The molecule has 1 unspecified atom stereocenters. The van der Waals surface area contributed by atoms with Gasteiger partial charge in [0, 0.05) is 17.4 Å². The third-order valence-corrected chi connectivity index (χ3v) is 4.02. The van der Waals surface area contributed by atoms with Crippen molar-refractivity contribution >= 4 is 23.2 Å². The Morgan fingerprint density at radius 2 is 1.70 bits per heavy atom. The summed E-state index contributed by atoms with van der Waals surface area (Å²) in [6.45, 7) is 4.03. The number of pyridine rings is 1. The Morgan fingerprint density at radius 1 is 1.05 bits per heavy atom. The number of nitrogens with zero attached hydrogens (tertiary/aromatic N) is 1. The van der Waals surface area contributed by atoms with E-state index in [1.807, 2.05) is 39.1 Å². The van der Waals surface area contributed by atoms with E-state index in [0.29, 0.717) is 10.0 Å². The zero-order valence-electron chi connectivity index (χ0n) is 11.9. The van der Waals surface area contributed by atoms with E-state index in [2.05, 4.69) is 22.4 Å². The Labute approximate surface area is 130 Å². The van der Waals surface area contributed by atoms with Gasteiger partial charge in [0.05, 0.1) is 10.0 Å². The molecule has 1 aromatic heterocycles. The lowest BCUT2D eigenvalue weighted by molar-refractivity contribution is 0.590. The fourth-order valence-electron chi connectivity index (χ4n) is 2.36. The smallest absolute Gasteiger partial charge is 0.0595 e. The molecule has 1 atom stereocenters. The van der Waals surface area contributed by atoms with Crippen LogP contribution in [-0.4, -0.2) is 12.0 Å². The first kappa shape index (κ1) is 15.3. The number of aryl methyl sites for hydroxylation is 2. The van der Waals surface area contributed by atoms with Crippen molar-refractivity contribution in [3.63, 3.8) is 0 Å². The van der Waals surface area contributed by atoms with Crippen LogP contribution in [-0.2, 0) is 6.42 Å².